The molecule has 0 aliphatic rings. The number of aromatic nitrogens is 3. The molecule has 20 heavy (non-hydrogen) atoms. The normalized spacial score (nSPS) is 11.8. The molecule has 0 aliphatic carbocycles. The fourth-order valence-corrected chi connectivity index (χ4v) is 2.86. The first-order chi connectivity index (χ1) is 9.49. The molecule has 1 N–H and O–H groups in total. The van der Waals surface area contributed by atoms with Crippen LogP contribution in [-0.4, -0.2) is 31.2 Å². The lowest BCUT2D eigenvalue weighted by Gasteiger charge is -2.16. The molecule has 4 nitrogen and oxygen atoms in total. The van der Waals surface area contributed by atoms with Crippen molar-refractivity contribution in [2.24, 2.45) is 0 Å². The monoisotopic (exact) mass is 291 g/mol. The maximum atomic E-state index is 9.81. The summed E-state index contributed by atoms with van der Waals surface area (Å²) in [6.07, 6.45) is 0.782. The van der Waals surface area contributed by atoms with E-state index in [0.717, 1.165) is 23.9 Å². The molecule has 1 heterocycles. The van der Waals surface area contributed by atoms with E-state index in [1.54, 1.807) is 25.6 Å². The molecule has 0 spiro atoms. The number of hydrogen-bond donors (Lipinski definition) is 1. The highest BCUT2D eigenvalue weighted by atomic mass is 32.2. The molecule has 1 aromatic heterocycles. The Hall–Kier alpha value is -1.33. The van der Waals surface area contributed by atoms with Gasteiger partial charge in [0.15, 0.2) is 5.16 Å². The van der Waals surface area contributed by atoms with E-state index in [2.05, 4.69) is 33.8 Å². The van der Waals surface area contributed by atoms with Gasteiger partial charge in [-0.25, -0.2) is 0 Å². The average Bonchev–Trinajstić information content (AvgIpc) is 2.79. The molecule has 0 radical (unpaired) electrons. The number of nitrogens with zero attached hydrogens (tertiary/aromatic N) is 3. The van der Waals surface area contributed by atoms with Gasteiger partial charge in [-0.2, -0.15) is 0 Å². The van der Waals surface area contributed by atoms with Gasteiger partial charge in [-0.05, 0) is 26.3 Å². The molecular weight excluding hydrogens is 270 g/mol. The lowest BCUT2D eigenvalue weighted by Crippen LogP contribution is -2.22. The van der Waals surface area contributed by atoms with E-state index in [4.69, 9.17) is 0 Å². The second-order valence-electron chi connectivity index (χ2n) is 5.41. The summed E-state index contributed by atoms with van der Waals surface area (Å²) < 4.78 is 2.11. The fourth-order valence-electron chi connectivity index (χ4n) is 1.89. The van der Waals surface area contributed by atoms with Crippen LogP contribution in [0, 0.1) is 0 Å². The molecule has 108 valence electrons. The lowest BCUT2D eigenvalue weighted by atomic mass is 10.1. The molecule has 5 heteroatoms. The van der Waals surface area contributed by atoms with Gasteiger partial charge in [0, 0.05) is 18.7 Å². The lowest BCUT2D eigenvalue weighted by molar-refractivity contribution is 0.107. The summed E-state index contributed by atoms with van der Waals surface area (Å²) in [6.45, 7) is 6.53. The van der Waals surface area contributed by atoms with Crippen molar-refractivity contribution in [1.82, 2.24) is 14.8 Å². The Morgan fingerprint density at radius 3 is 2.50 bits per heavy atom. The Labute approximate surface area is 124 Å². The van der Waals surface area contributed by atoms with Crippen LogP contribution in [0.4, 0.5) is 0 Å². The summed E-state index contributed by atoms with van der Waals surface area (Å²) in [6, 6.07) is 10.3. The molecule has 0 aliphatic heterocycles. The third kappa shape index (κ3) is 4.08. The predicted molar refractivity (Wildman–Crippen MR) is 82.0 cm³/mol. The number of hydrogen-bond acceptors (Lipinski definition) is 4. The molecular formula is C15H21N3OS. The van der Waals surface area contributed by atoms with Crippen molar-refractivity contribution in [3.8, 4) is 0 Å². The molecule has 0 fully saturated rings. The van der Waals surface area contributed by atoms with Gasteiger partial charge in [0.2, 0.25) is 0 Å². The predicted octanol–water partition coefficient (Wildman–Crippen LogP) is 2.75. The zero-order valence-electron chi connectivity index (χ0n) is 12.2. The Morgan fingerprint density at radius 1 is 1.20 bits per heavy atom. The maximum Gasteiger partial charge on any atom is 0.191 e. The molecule has 0 bridgehead atoms. The van der Waals surface area contributed by atoms with E-state index in [0.29, 0.717) is 5.75 Å². The van der Waals surface area contributed by atoms with E-state index >= 15 is 0 Å². The first kappa shape index (κ1) is 15.1. The number of rotatable bonds is 6. The van der Waals surface area contributed by atoms with Gasteiger partial charge in [0.25, 0.3) is 0 Å². The third-order valence-corrected chi connectivity index (χ3v) is 4.28. The summed E-state index contributed by atoms with van der Waals surface area (Å²) in [7, 11) is 0. The van der Waals surface area contributed by atoms with Gasteiger partial charge in [-0.3, -0.25) is 0 Å². The molecule has 2 rings (SSSR count). The minimum Gasteiger partial charge on any atom is -0.390 e. The van der Waals surface area contributed by atoms with Crippen molar-refractivity contribution in [2.75, 3.05) is 5.75 Å². The van der Waals surface area contributed by atoms with Crippen molar-refractivity contribution in [1.29, 1.82) is 0 Å². The Bertz CT molecular complexity index is 546. The van der Waals surface area contributed by atoms with Gasteiger partial charge < -0.3 is 9.67 Å². The zero-order valence-corrected chi connectivity index (χ0v) is 13.0. The van der Waals surface area contributed by atoms with Crippen LogP contribution < -0.4 is 0 Å². The maximum absolute atomic E-state index is 9.81. The van der Waals surface area contributed by atoms with E-state index < -0.39 is 5.60 Å². The molecule has 0 saturated carbocycles. The summed E-state index contributed by atoms with van der Waals surface area (Å²) >= 11 is 1.55. The summed E-state index contributed by atoms with van der Waals surface area (Å²) in [5, 5.41) is 19.2. The smallest absolute Gasteiger partial charge is 0.191 e. The minimum atomic E-state index is -0.700. The van der Waals surface area contributed by atoms with Crippen molar-refractivity contribution >= 4 is 11.8 Å². The number of benzene rings is 1. The summed E-state index contributed by atoms with van der Waals surface area (Å²) in [5.41, 5.74) is 0.531. The van der Waals surface area contributed by atoms with E-state index in [1.165, 1.54) is 5.56 Å². The van der Waals surface area contributed by atoms with Gasteiger partial charge in [-0.1, -0.05) is 42.1 Å². The summed E-state index contributed by atoms with van der Waals surface area (Å²) in [5.74, 6) is 1.58. The minimum absolute atomic E-state index is 0.608. The SMILES string of the molecule is CCn1c(Cc2ccccc2)nnc1SCC(C)(C)O. The highest BCUT2D eigenvalue weighted by Gasteiger charge is 2.17. The van der Waals surface area contributed by atoms with Crippen molar-refractivity contribution < 1.29 is 5.11 Å². The first-order valence-corrected chi connectivity index (χ1v) is 7.79. The largest absolute Gasteiger partial charge is 0.390 e. The zero-order chi connectivity index (χ0) is 14.6. The van der Waals surface area contributed by atoms with E-state index in [9.17, 15) is 5.11 Å². The van der Waals surface area contributed by atoms with Gasteiger partial charge >= 0.3 is 0 Å². The third-order valence-electron chi connectivity index (χ3n) is 2.87. The molecule has 0 atom stereocenters. The highest BCUT2D eigenvalue weighted by molar-refractivity contribution is 7.99. The number of thioether (sulfide) groups is 1. The molecule has 0 saturated heterocycles. The second-order valence-corrected chi connectivity index (χ2v) is 6.35. The van der Waals surface area contributed by atoms with Gasteiger partial charge in [0.05, 0.1) is 5.60 Å². The topological polar surface area (TPSA) is 50.9 Å². The van der Waals surface area contributed by atoms with Crippen molar-refractivity contribution in [3.63, 3.8) is 0 Å². The van der Waals surface area contributed by atoms with Crippen LogP contribution in [0.5, 0.6) is 0 Å². The Morgan fingerprint density at radius 2 is 1.90 bits per heavy atom. The highest BCUT2D eigenvalue weighted by Crippen LogP contribution is 2.22. The van der Waals surface area contributed by atoms with E-state index in [1.807, 2.05) is 18.2 Å². The second kappa shape index (κ2) is 6.41. The molecule has 1 aromatic carbocycles. The van der Waals surface area contributed by atoms with Crippen molar-refractivity contribution in [3.05, 3.63) is 41.7 Å². The van der Waals surface area contributed by atoms with Gasteiger partial charge in [-0.15, -0.1) is 10.2 Å². The van der Waals surface area contributed by atoms with E-state index in [-0.39, 0.29) is 0 Å². The first-order valence-electron chi connectivity index (χ1n) is 6.81. The quantitative estimate of drug-likeness (QED) is 0.832. The fraction of sp³-hybridized carbons (Fsp3) is 0.467. The van der Waals surface area contributed by atoms with Crippen LogP contribution in [0.3, 0.4) is 0 Å². The van der Waals surface area contributed by atoms with Crippen LogP contribution in [0.25, 0.3) is 0 Å². The average molecular weight is 291 g/mol. The van der Waals surface area contributed by atoms with Crippen LogP contribution in [0.1, 0.15) is 32.2 Å². The molecule has 0 amide bonds. The number of aliphatic hydroxyl groups is 1. The van der Waals surface area contributed by atoms with Crippen molar-refractivity contribution in [2.45, 2.75) is 44.5 Å². The van der Waals surface area contributed by atoms with Crippen LogP contribution in [-0.2, 0) is 13.0 Å². The van der Waals surface area contributed by atoms with Crippen LogP contribution >= 0.6 is 11.8 Å². The van der Waals surface area contributed by atoms with Crippen LogP contribution in [0.2, 0.25) is 0 Å². The van der Waals surface area contributed by atoms with Gasteiger partial charge in [0.1, 0.15) is 5.82 Å². The Balaban J connectivity index is 2.13. The molecule has 2 aromatic rings. The summed E-state index contributed by atoms with van der Waals surface area (Å²) in [4.78, 5) is 0. The molecule has 0 unspecified atom stereocenters. The standard InChI is InChI=1S/C15H21N3OS/c1-4-18-13(10-12-8-6-5-7-9-12)16-17-14(18)20-11-15(2,3)19/h5-9,19H,4,10-11H2,1-3H3. The Kier molecular flexibility index (Phi) is 4.83. The van der Waals surface area contributed by atoms with Crippen LogP contribution in [0.15, 0.2) is 35.5 Å².